The smallest absolute Gasteiger partial charge is 0.307 e. The van der Waals surface area contributed by atoms with Crippen molar-refractivity contribution in [3.63, 3.8) is 0 Å². The third-order valence-corrected chi connectivity index (χ3v) is 3.47. The van der Waals surface area contributed by atoms with Gasteiger partial charge in [-0.1, -0.05) is 37.0 Å². The number of rotatable bonds is 3. The van der Waals surface area contributed by atoms with Crippen LogP contribution in [0.5, 0.6) is 0 Å². The Kier molecular flexibility index (Phi) is 5.43. The molecule has 1 N–H and O–H groups in total. The van der Waals surface area contributed by atoms with Crippen molar-refractivity contribution in [3.05, 3.63) is 28.2 Å². The lowest BCUT2D eigenvalue weighted by molar-refractivity contribution is 0.243. The molecule has 0 saturated heterocycles. The lowest BCUT2D eigenvalue weighted by Crippen LogP contribution is -2.26. The molecule has 0 unspecified atom stereocenters. The first kappa shape index (κ1) is 14.5. The number of carbonyl (C=O) groups is 1. The van der Waals surface area contributed by atoms with Crippen molar-refractivity contribution < 1.29 is 4.79 Å². The van der Waals surface area contributed by atoms with E-state index in [4.69, 9.17) is 23.2 Å². The summed E-state index contributed by atoms with van der Waals surface area (Å²) in [6.45, 7) is 4.04. The number of anilines is 1. The van der Waals surface area contributed by atoms with Crippen LogP contribution in [0.4, 0.5) is 10.5 Å². The zero-order valence-corrected chi connectivity index (χ0v) is 12.2. The van der Waals surface area contributed by atoms with Crippen molar-refractivity contribution in [2.45, 2.75) is 19.1 Å². The Morgan fingerprint density at radius 2 is 2.00 bits per heavy atom. The van der Waals surface area contributed by atoms with E-state index in [1.165, 1.54) is 11.9 Å². The van der Waals surface area contributed by atoms with E-state index in [0.29, 0.717) is 21.0 Å². The number of nitrogens with one attached hydrogen (secondary N) is 1. The largest absolute Gasteiger partial charge is 0.331 e. The molecule has 2 amide bonds. The second kappa shape index (κ2) is 6.38. The minimum atomic E-state index is -0.193. The molecule has 0 bridgehead atoms. The molecule has 94 valence electrons. The Bertz CT molecular complexity index is 412. The zero-order valence-electron chi connectivity index (χ0n) is 9.83. The summed E-state index contributed by atoms with van der Waals surface area (Å²) in [4.78, 5) is 11.8. The number of hydrogen-bond acceptors (Lipinski definition) is 2. The first-order chi connectivity index (χ1) is 7.90. The molecule has 0 heterocycles. The Morgan fingerprint density at radius 3 is 2.53 bits per heavy atom. The average molecular weight is 293 g/mol. The number of hydrogen-bond donors (Lipinski definition) is 1. The molecule has 0 aliphatic rings. The molecule has 0 aliphatic heterocycles. The van der Waals surface area contributed by atoms with Crippen molar-refractivity contribution >= 4 is 46.9 Å². The Morgan fingerprint density at radius 1 is 1.35 bits per heavy atom. The van der Waals surface area contributed by atoms with Gasteiger partial charge in [0.15, 0.2) is 0 Å². The van der Waals surface area contributed by atoms with Crippen LogP contribution in [0.15, 0.2) is 18.2 Å². The summed E-state index contributed by atoms with van der Waals surface area (Å²) in [5, 5.41) is 3.97. The molecule has 0 aliphatic carbocycles. The van der Waals surface area contributed by atoms with Crippen molar-refractivity contribution in [1.82, 2.24) is 4.31 Å². The molecular formula is C11H14Cl2N2OS. The molecule has 1 aromatic rings. The number of urea groups is 1. The van der Waals surface area contributed by atoms with Gasteiger partial charge >= 0.3 is 6.03 Å². The zero-order chi connectivity index (χ0) is 13.0. The van der Waals surface area contributed by atoms with Gasteiger partial charge in [0, 0.05) is 18.0 Å². The predicted molar refractivity (Wildman–Crippen MR) is 76.0 cm³/mol. The second-order valence-electron chi connectivity index (χ2n) is 3.71. The Hall–Kier alpha value is -0.580. The number of halogens is 2. The van der Waals surface area contributed by atoms with E-state index in [0.717, 1.165) is 0 Å². The van der Waals surface area contributed by atoms with Gasteiger partial charge in [0.05, 0.1) is 10.0 Å². The molecule has 0 aromatic heterocycles. The van der Waals surface area contributed by atoms with Crippen LogP contribution in [0.3, 0.4) is 0 Å². The minimum absolute atomic E-state index is 0.193. The fourth-order valence-electron chi connectivity index (χ4n) is 1.14. The first-order valence-corrected chi connectivity index (χ1v) is 6.66. The molecular weight excluding hydrogens is 279 g/mol. The molecule has 0 saturated carbocycles. The number of amides is 2. The first-order valence-electron chi connectivity index (χ1n) is 5.06. The van der Waals surface area contributed by atoms with Gasteiger partial charge in [-0.05, 0) is 30.1 Å². The predicted octanol–water partition coefficient (Wildman–Crippen LogP) is 4.51. The topological polar surface area (TPSA) is 32.3 Å². The number of benzene rings is 1. The van der Waals surface area contributed by atoms with Gasteiger partial charge in [-0.2, -0.15) is 0 Å². The van der Waals surface area contributed by atoms with Crippen molar-refractivity contribution in [2.75, 3.05) is 12.4 Å². The van der Waals surface area contributed by atoms with Crippen molar-refractivity contribution in [2.24, 2.45) is 0 Å². The van der Waals surface area contributed by atoms with Crippen molar-refractivity contribution in [3.8, 4) is 0 Å². The van der Waals surface area contributed by atoms with E-state index in [-0.39, 0.29) is 6.03 Å². The third-order valence-electron chi connectivity index (χ3n) is 1.83. The van der Waals surface area contributed by atoms with Gasteiger partial charge in [0.1, 0.15) is 0 Å². The quantitative estimate of drug-likeness (QED) is 0.831. The summed E-state index contributed by atoms with van der Waals surface area (Å²) in [7, 11) is 1.72. The van der Waals surface area contributed by atoms with E-state index >= 15 is 0 Å². The summed E-state index contributed by atoms with van der Waals surface area (Å²) in [5.74, 6) is 0. The Labute approximate surface area is 116 Å². The van der Waals surface area contributed by atoms with E-state index < -0.39 is 0 Å². The number of carbonyl (C=O) groups excluding carboxylic acids is 1. The van der Waals surface area contributed by atoms with E-state index in [9.17, 15) is 4.79 Å². The maximum atomic E-state index is 11.8. The van der Waals surface area contributed by atoms with Crippen LogP contribution in [0.2, 0.25) is 10.0 Å². The highest BCUT2D eigenvalue weighted by Crippen LogP contribution is 2.25. The molecule has 1 aromatic carbocycles. The lowest BCUT2D eigenvalue weighted by atomic mass is 10.3. The summed E-state index contributed by atoms with van der Waals surface area (Å²) < 4.78 is 1.55. The lowest BCUT2D eigenvalue weighted by Gasteiger charge is -2.18. The van der Waals surface area contributed by atoms with Crippen LogP contribution in [0.25, 0.3) is 0 Å². The third kappa shape index (κ3) is 4.66. The van der Waals surface area contributed by atoms with Gasteiger partial charge in [-0.15, -0.1) is 0 Å². The minimum Gasteiger partial charge on any atom is -0.307 e. The molecule has 0 spiro atoms. The SMILES string of the molecule is CC(C)SN(C)C(=O)Nc1ccc(Cl)c(Cl)c1. The molecule has 0 fully saturated rings. The highest BCUT2D eigenvalue weighted by Gasteiger charge is 2.11. The second-order valence-corrected chi connectivity index (χ2v) is 6.23. The fraction of sp³-hybridized carbons (Fsp3) is 0.364. The summed E-state index contributed by atoms with van der Waals surface area (Å²) in [6.07, 6.45) is 0. The standard InChI is InChI=1S/C11H14Cl2N2OS/c1-7(2)17-15(3)11(16)14-8-4-5-9(12)10(13)6-8/h4-7H,1-3H3,(H,14,16). The molecule has 17 heavy (non-hydrogen) atoms. The normalized spacial score (nSPS) is 10.5. The number of nitrogens with zero attached hydrogens (tertiary/aromatic N) is 1. The van der Waals surface area contributed by atoms with Gasteiger partial charge in [0.25, 0.3) is 0 Å². The van der Waals surface area contributed by atoms with Crippen molar-refractivity contribution in [1.29, 1.82) is 0 Å². The van der Waals surface area contributed by atoms with Crippen LogP contribution < -0.4 is 5.32 Å². The summed E-state index contributed by atoms with van der Waals surface area (Å²) in [6, 6.07) is 4.78. The van der Waals surface area contributed by atoms with Crippen LogP contribution in [0, 0.1) is 0 Å². The van der Waals surface area contributed by atoms with E-state index in [2.05, 4.69) is 5.32 Å². The summed E-state index contributed by atoms with van der Waals surface area (Å²) >= 11 is 13.1. The highest BCUT2D eigenvalue weighted by molar-refractivity contribution is 7.98. The van der Waals surface area contributed by atoms with Crippen LogP contribution in [-0.2, 0) is 0 Å². The average Bonchev–Trinajstić information content (AvgIpc) is 2.22. The summed E-state index contributed by atoms with van der Waals surface area (Å²) in [5.41, 5.74) is 0.626. The maximum Gasteiger partial charge on any atom is 0.331 e. The monoisotopic (exact) mass is 292 g/mol. The van der Waals surface area contributed by atoms with E-state index in [1.54, 1.807) is 29.6 Å². The maximum absolute atomic E-state index is 11.8. The van der Waals surface area contributed by atoms with Crippen LogP contribution >= 0.6 is 35.1 Å². The molecule has 6 heteroatoms. The molecule has 1 rings (SSSR count). The van der Waals surface area contributed by atoms with Gasteiger partial charge in [0.2, 0.25) is 0 Å². The van der Waals surface area contributed by atoms with E-state index in [1.807, 2.05) is 13.8 Å². The van der Waals surface area contributed by atoms with Gasteiger partial charge in [-0.3, -0.25) is 4.31 Å². The van der Waals surface area contributed by atoms with Crippen LogP contribution in [0.1, 0.15) is 13.8 Å². The Balaban J connectivity index is 2.64. The van der Waals surface area contributed by atoms with Gasteiger partial charge in [-0.25, -0.2) is 4.79 Å². The molecule has 0 radical (unpaired) electrons. The van der Waals surface area contributed by atoms with Gasteiger partial charge < -0.3 is 5.32 Å². The van der Waals surface area contributed by atoms with Crippen LogP contribution in [-0.4, -0.2) is 22.6 Å². The molecule has 0 atom stereocenters. The fourth-order valence-corrected chi connectivity index (χ4v) is 2.21. The molecule has 3 nitrogen and oxygen atoms in total. The highest BCUT2D eigenvalue weighted by atomic mass is 35.5.